The van der Waals surface area contributed by atoms with Gasteiger partial charge in [-0.05, 0) is 22.3 Å². The molecule has 0 bridgehead atoms. The van der Waals surface area contributed by atoms with E-state index < -0.39 is 24.9 Å². The van der Waals surface area contributed by atoms with Crippen LogP contribution in [0.25, 0.3) is 11.1 Å². The van der Waals surface area contributed by atoms with E-state index in [2.05, 4.69) is 0 Å². The number of carbonyl (C=O) groups is 1. The molecule has 1 aliphatic rings. The van der Waals surface area contributed by atoms with Gasteiger partial charge < -0.3 is 19.5 Å². The second-order valence-corrected chi connectivity index (χ2v) is 6.80. The highest BCUT2D eigenvalue weighted by atomic mass is 19.4. The Balaban J connectivity index is 1.72. The molecule has 2 aromatic rings. The van der Waals surface area contributed by atoms with Crippen LogP contribution >= 0.6 is 0 Å². The van der Waals surface area contributed by atoms with Crippen molar-refractivity contribution in [3.63, 3.8) is 0 Å². The summed E-state index contributed by atoms with van der Waals surface area (Å²) in [7, 11) is 1.37. The second kappa shape index (κ2) is 8.84. The number of amides is 1. The second-order valence-electron chi connectivity index (χ2n) is 6.80. The first-order chi connectivity index (χ1) is 13.8. The van der Waals surface area contributed by atoms with E-state index in [1.165, 1.54) is 7.11 Å². The van der Waals surface area contributed by atoms with Gasteiger partial charge in [-0.15, -0.1) is 0 Å². The summed E-state index contributed by atoms with van der Waals surface area (Å²) in [6.07, 6.45) is -8.40. The summed E-state index contributed by atoms with van der Waals surface area (Å²) in [6, 6.07) is 15.5. The first kappa shape index (κ1) is 21.1. The highest BCUT2D eigenvalue weighted by Crippen LogP contribution is 2.44. The van der Waals surface area contributed by atoms with Gasteiger partial charge in [0, 0.05) is 19.6 Å². The lowest BCUT2D eigenvalue weighted by molar-refractivity contribution is -0.207. The molecule has 0 heterocycles. The number of hydrogen-bond acceptors (Lipinski definition) is 4. The van der Waals surface area contributed by atoms with Crippen LogP contribution in [0.15, 0.2) is 48.5 Å². The number of hydrogen-bond donors (Lipinski definition) is 1. The van der Waals surface area contributed by atoms with E-state index in [0.717, 1.165) is 27.2 Å². The fourth-order valence-electron chi connectivity index (χ4n) is 3.46. The topological polar surface area (TPSA) is 59.0 Å². The lowest BCUT2D eigenvalue weighted by Crippen LogP contribution is -2.45. The Hall–Kier alpha value is -2.58. The van der Waals surface area contributed by atoms with Crippen molar-refractivity contribution in [2.24, 2.45) is 0 Å². The van der Waals surface area contributed by atoms with Crippen LogP contribution < -0.4 is 0 Å². The first-order valence-electron chi connectivity index (χ1n) is 9.16. The molecule has 8 heteroatoms. The van der Waals surface area contributed by atoms with E-state index in [9.17, 15) is 23.1 Å². The Morgan fingerprint density at radius 2 is 1.66 bits per heavy atom. The van der Waals surface area contributed by atoms with Gasteiger partial charge in [0.1, 0.15) is 6.61 Å². The maximum absolute atomic E-state index is 12.7. The predicted molar refractivity (Wildman–Crippen MR) is 101 cm³/mol. The molecule has 1 amide bonds. The minimum atomic E-state index is -4.82. The molecule has 0 saturated carbocycles. The Bertz CT molecular complexity index is 810. The zero-order valence-electron chi connectivity index (χ0n) is 15.9. The molecule has 0 fully saturated rings. The fraction of sp³-hybridized carbons (Fsp3) is 0.381. The normalized spacial score (nSPS) is 14.2. The van der Waals surface area contributed by atoms with Crippen LogP contribution in [0, 0.1) is 0 Å². The zero-order chi connectivity index (χ0) is 21.0. The maximum Gasteiger partial charge on any atom is 0.416 e. The molecule has 1 N–H and O–H groups in total. The molecule has 0 saturated heterocycles. The number of carbonyl (C=O) groups excluding carboxylic acids is 1. The van der Waals surface area contributed by atoms with E-state index in [4.69, 9.17) is 9.47 Å². The van der Waals surface area contributed by atoms with Crippen molar-refractivity contribution in [1.29, 1.82) is 0 Å². The quantitative estimate of drug-likeness (QED) is 0.756. The third-order valence-corrected chi connectivity index (χ3v) is 4.93. The van der Waals surface area contributed by atoms with Crippen molar-refractivity contribution in [2.45, 2.75) is 18.2 Å². The van der Waals surface area contributed by atoms with Gasteiger partial charge in [0.15, 0.2) is 6.10 Å². The van der Waals surface area contributed by atoms with Gasteiger partial charge in [-0.1, -0.05) is 48.5 Å². The Morgan fingerprint density at radius 1 is 1.10 bits per heavy atom. The Kier molecular flexibility index (Phi) is 6.44. The average Bonchev–Trinajstić information content (AvgIpc) is 3.02. The number of benzene rings is 2. The largest absolute Gasteiger partial charge is 0.448 e. The van der Waals surface area contributed by atoms with Crippen LogP contribution in [0.5, 0.6) is 0 Å². The van der Waals surface area contributed by atoms with Crippen molar-refractivity contribution in [1.82, 2.24) is 4.90 Å². The zero-order valence-corrected chi connectivity index (χ0v) is 15.9. The minimum Gasteiger partial charge on any atom is -0.448 e. The number of alkyl halides is 3. The van der Waals surface area contributed by atoms with Crippen molar-refractivity contribution < 1.29 is 32.5 Å². The summed E-state index contributed by atoms with van der Waals surface area (Å²) in [5.74, 6) is -0.205. The average molecular weight is 409 g/mol. The van der Waals surface area contributed by atoms with Crippen molar-refractivity contribution in [2.75, 3.05) is 33.4 Å². The number of aliphatic hydroxyl groups is 1. The molecular formula is C21H22F3NO4. The predicted octanol–water partition coefficient (Wildman–Crippen LogP) is 3.81. The van der Waals surface area contributed by atoms with Crippen LogP contribution in [-0.2, 0) is 9.47 Å². The van der Waals surface area contributed by atoms with Crippen LogP contribution in [0.1, 0.15) is 17.0 Å². The molecule has 0 aliphatic heterocycles. The molecule has 0 spiro atoms. The van der Waals surface area contributed by atoms with E-state index >= 15 is 0 Å². The molecule has 1 aliphatic carbocycles. The molecule has 1 unspecified atom stereocenters. The standard InChI is InChI=1S/C21H22F3NO4/c1-28-11-10-25(12-19(26)21(22,23)24)20(27)29-13-18-16-8-4-2-6-14(16)15-7-3-5-9-17(15)18/h2-9,18-19,26H,10-13H2,1H3. The van der Waals surface area contributed by atoms with Crippen LogP contribution in [0.4, 0.5) is 18.0 Å². The molecule has 0 radical (unpaired) electrons. The summed E-state index contributed by atoms with van der Waals surface area (Å²) in [5.41, 5.74) is 4.10. The summed E-state index contributed by atoms with van der Waals surface area (Å²) in [4.78, 5) is 13.3. The fourth-order valence-corrected chi connectivity index (χ4v) is 3.46. The van der Waals surface area contributed by atoms with E-state index in [1.54, 1.807) is 0 Å². The van der Waals surface area contributed by atoms with Crippen LogP contribution in [0.3, 0.4) is 0 Å². The Morgan fingerprint density at radius 3 is 2.17 bits per heavy atom. The van der Waals surface area contributed by atoms with Gasteiger partial charge in [-0.25, -0.2) is 4.79 Å². The summed E-state index contributed by atoms with van der Waals surface area (Å²) in [6.45, 7) is -1.03. The van der Waals surface area contributed by atoms with Crippen molar-refractivity contribution in [3.05, 3.63) is 59.7 Å². The molecule has 29 heavy (non-hydrogen) atoms. The molecule has 3 rings (SSSR count). The van der Waals surface area contributed by atoms with E-state index in [1.807, 2.05) is 48.5 Å². The molecule has 0 aromatic heterocycles. The number of methoxy groups -OCH3 is 1. The minimum absolute atomic E-state index is 0.0154. The number of aliphatic hydroxyl groups excluding tert-OH is 1. The van der Waals surface area contributed by atoms with Crippen molar-refractivity contribution in [3.8, 4) is 11.1 Å². The number of halogens is 3. The van der Waals surface area contributed by atoms with Crippen LogP contribution in [0.2, 0.25) is 0 Å². The smallest absolute Gasteiger partial charge is 0.416 e. The molecule has 156 valence electrons. The van der Waals surface area contributed by atoms with Gasteiger partial charge in [0.2, 0.25) is 0 Å². The SMILES string of the molecule is COCCN(CC(O)C(F)(F)F)C(=O)OCC1c2ccccc2-c2ccccc21. The van der Waals surface area contributed by atoms with Gasteiger partial charge in [0.25, 0.3) is 0 Å². The Labute approximate surface area is 166 Å². The van der Waals surface area contributed by atoms with E-state index in [0.29, 0.717) is 0 Å². The van der Waals surface area contributed by atoms with Gasteiger partial charge in [-0.3, -0.25) is 0 Å². The molecular weight excluding hydrogens is 387 g/mol. The third kappa shape index (κ3) is 4.71. The van der Waals surface area contributed by atoms with Crippen molar-refractivity contribution >= 4 is 6.09 Å². The molecule has 2 aromatic carbocycles. The number of rotatable bonds is 7. The highest BCUT2D eigenvalue weighted by Gasteiger charge is 2.40. The van der Waals surface area contributed by atoms with Gasteiger partial charge in [0.05, 0.1) is 13.2 Å². The van der Waals surface area contributed by atoms with E-state index in [-0.39, 0.29) is 25.7 Å². The van der Waals surface area contributed by atoms with Crippen LogP contribution in [-0.4, -0.2) is 61.8 Å². The summed E-state index contributed by atoms with van der Waals surface area (Å²) in [5, 5.41) is 9.33. The number of ether oxygens (including phenoxy) is 2. The summed E-state index contributed by atoms with van der Waals surface area (Å²) < 4.78 is 48.3. The maximum atomic E-state index is 12.7. The monoisotopic (exact) mass is 409 g/mol. The van der Waals surface area contributed by atoms with Gasteiger partial charge in [-0.2, -0.15) is 13.2 Å². The lowest BCUT2D eigenvalue weighted by Gasteiger charge is -2.26. The molecule has 1 atom stereocenters. The molecule has 5 nitrogen and oxygen atoms in total. The van der Waals surface area contributed by atoms with Gasteiger partial charge >= 0.3 is 12.3 Å². The summed E-state index contributed by atoms with van der Waals surface area (Å²) >= 11 is 0. The lowest BCUT2D eigenvalue weighted by atomic mass is 9.98. The third-order valence-electron chi connectivity index (χ3n) is 4.93. The number of fused-ring (bicyclic) bond motifs is 3. The highest BCUT2D eigenvalue weighted by molar-refractivity contribution is 5.79. The first-order valence-corrected chi connectivity index (χ1v) is 9.16. The number of nitrogens with zero attached hydrogens (tertiary/aromatic N) is 1.